The molecule has 1 N–H and O–H groups in total. The third-order valence-corrected chi connectivity index (χ3v) is 4.89. The number of benzene rings is 2. The van der Waals surface area contributed by atoms with Crippen LogP contribution >= 0.6 is 0 Å². The molecule has 0 amide bonds. The summed E-state index contributed by atoms with van der Waals surface area (Å²) in [5.74, 6) is 0.294. The van der Waals surface area contributed by atoms with Crippen LogP contribution in [0.2, 0.25) is 0 Å². The fourth-order valence-corrected chi connectivity index (χ4v) is 3.55. The Morgan fingerprint density at radius 1 is 0.933 bits per heavy atom. The molecule has 0 saturated heterocycles. The first-order chi connectivity index (χ1) is 14.4. The molecule has 5 nitrogen and oxygen atoms in total. The zero-order chi connectivity index (χ0) is 20.9. The predicted octanol–water partition coefficient (Wildman–Crippen LogP) is 4.95. The van der Waals surface area contributed by atoms with Gasteiger partial charge in [-0.2, -0.15) is 18.2 Å². The molecule has 0 atom stereocenters. The Morgan fingerprint density at radius 2 is 1.77 bits per heavy atom. The van der Waals surface area contributed by atoms with E-state index in [2.05, 4.69) is 15.0 Å². The molecular weight excluding hydrogens is 393 g/mol. The number of imidazole rings is 1. The van der Waals surface area contributed by atoms with Crippen molar-refractivity contribution in [3.05, 3.63) is 88.8 Å². The van der Waals surface area contributed by atoms with Gasteiger partial charge in [0.2, 0.25) is 5.95 Å². The first-order valence-electron chi connectivity index (χ1n) is 9.05. The summed E-state index contributed by atoms with van der Waals surface area (Å²) in [4.78, 5) is 24.2. The number of pyridine rings is 2. The number of aromatic nitrogens is 4. The molecule has 0 fully saturated rings. The Bertz CT molecular complexity index is 1430. The Hall–Kier alpha value is -3.94. The van der Waals surface area contributed by atoms with Crippen LogP contribution in [0, 0.1) is 0 Å². The SMILES string of the molecule is O=c1ccc2cc(-c3ccccc3C(F)(F)F)ccc2n1-c1nc2ncccc2[nH]1. The van der Waals surface area contributed by atoms with Crippen molar-refractivity contribution in [2.45, 2.75) is 6.18 Å². The fourth-order valence-electron chi connectivity index (χ4n) is 3.55. The van der Waals surface area contributed by atoms with E-state index < -0.39 is 11.7 Å². The third-order valence-electron chi connectivity index (χ3n) is 4.89. The van der Waals surface area contributed by atoms with Crippen molar-refractivity contribution in [1.82, 2.24) is 19.5 Å². The highest BCUT2D eigenvalue weighted by molar-refractivity contribution is 5.86. The van der Waals surface area contributed by atoms with Crippen molar-refractivity contribution in [1.29, 1.82) is 0 Å². The molecule has 0 radical (unpaired) electrons. The van der Waals surface area contributed by atoms with Crippen molar-refractivity contribution in [2.75, 3.05) is 0 Å². The van der Waals surface area contributed by atoms with Gasteiger partial charge in [-0.25, -0.2) is 9.55 Å². The molecule has 0 bridgehead atoms. The van der Waals surface area contributed by atoms with Crippen LogP contribution in [0.3, 0.4) is 0 Å². The summed E-state index contributed by atoms with van der Waals surface area (Å²) in [6.45, 7) is 0. The molecule has 0 spiro atoms. The monoisotopic (exact) mass is 406 g/mol. The van der Waals surface area contributed by atoms with Crippen molar-refractivity contribution in [3.8, 4) is 17.1 Å². The average Bonchev–Trinajstić information content (AvgIpc) is 3.16. The second-order valence-electron chi connectivity index (χ2n) is 6.76. The molecule has 2 aromatic carbocycles. The number of aromatic amines is 1. The Kier molecular flexibility index (Phi) is 3.95. The molecule has 8 heteroatoms. The molecule has 3 heterocycles. The van der Waals surface area contributed by atoms with Crippen LogP contribution in [0.25, 0.3) is 39.1 Å². The van der Waals surface area contributed by atoms with E-state index in [9.17, 15) is 18.0 Å². The summed E-state index contributed by atoms with van der Waals surface area (Å²) in [5.41, 5.74) is 1.13. The van der Waals surface area contributed by atoms with Gasteiger partial charge in [0.25, 0.3) is 5.56 Å². The van der Waals surface area contributed by atoms with Crippen LogP contribution in [-0.2, 0) is 6.18 Å². The second kappa shape index (κ2) is 6.55. The van der Waals surface area contributed by atoms with Gasteiger partial charge in [0.05, 0.1) is 16.6 Å². The smallest absolute Gasteiger partial charge is 0.322 e. The highest BCUT2D eigenvalue weighted by Gasteiger charge is 2.33. The molecule has 0 aliphatic rings. The number of rotatable bonds is 2. The quantitative estimate of drug-likeness (QED) is 0.451. The van der Waals surface area contributed by atoms with Crippen LogP contribution in [-0.4, -0.2) is 19.5 Å². The predicted molar refractivity (Wildman–Crippen MR) is 107 cm³/mol. The zero-order valence-corrected chi connectivity index (χ0v) is 15.3. The van der Waals surface area contributed by atoms with E-state index in [0.717, 1.165) is 6.07 Å². The topological polar surface area (TPSA) is 63.6 Å². The van der Waals surface area contributed by atoms with Crippen molar-refractivity contribution in [2.24, 2.45) is 0 Å². The van der Waals surface area contributed by atoms with E-state index in [4.69, 9.17) is 0 Å². The van der Waals surface area contributed by atoms with E-state index in [0.29, 0.717) is 33.6 Å². The minimum absolute atomic E-state index is 0.0811. The van der Waals surface area contributed by atoms with E-state index >= 15 is 0 Å². The molecule has 0 aliphatic heterocycles. The molecule has 5 rings (SSSR count). The highest BCUT2D eigenvalue weighted by Crippen LogP contribution is 2.37. The van der Waals surface area contributed by atoms with E-state index in [1.807, 2.05) is 0 Å². The number of hydrogen-bond acceptors (Lipinski definition) is 3. The maximum atomic E-state index is 13.4. The summed E-state index contributed by atoms with van der Waals surface area (Å²) in [5, 5.41) is 0.609. The van der Waals surface area contributed by atoms with Crippen LogP contribution in [0.4, 0.5) is 13.2 Å². The number of fused-ring (bicyclic) bond motifs is 2. The van der Waals surface area contributed by atoms with Gasteiger partial charge in [-0.3, -0.25) is 4.79 Å². The zero-order valence-electron chi connectivity index (χ0n) is 15.3. The van der Waals surface area contributed by atoms with Gasteiger partial charge in [0, 0.05) is 12.3 Å². The summed E-state index contributed by atoms with van der Waals surface area (Å²) in [6.07, 6.45) is -2.87. The van der Waals surface area contributed by atoms with Crippen molar-refractivity contribution >= 4 is 22.1 Å². The molecule has 0 unspecified atom stereocenters. The number of nitrogens with one attached hydrogen (secondary N) is 1. The summed E-state index contributed by atoms with van der Waals surface area (Å²) in [6, 6.07) is 16.8. The van der Waals surface area contributed by atoms with Crippen LogP contribution in [0.1, 0.15) is 5.56 Å². The second-order valence-corrected chi connectivity index (χ2v) is 6.76. The Labute approximate surface area is 167 Å². The standard InChI is InChI=1S/C22H13F3N4O/c23-22(24,25)16-5-2-1-4-15(16)13-7-9-18-14(12-13)8-10-19(30)29(18)21-27-17-6-3-11-26-20(17)28-21/h1-12H,(H,26,27,28). The summed E-state index contributed by atoms with van der Waals surface area (Å²) < 4.78 is 41.7. The summed E-state index contributed by atoms with van der Waals surface area (Å²) in [7, 11) is 0. The lowest BCUT2D eigenvalue weighted by atomic mass is 9.98. The van der Waals surface area contributed by atoms with Gasteiger partial charge in [-0.05, 0) is 52.9 Å². The van der Waals surface area contributed by atoms with E-state index in [-0.39, 0.29) is 11.1 Å². The lowest BCUT2D eigenvalue weighted by Gasteiger charge is -2.14. The number of H-pyrrole nitrogens is 1. The maximum absolute atomic E-state index is 13.4. The molecule has 0 aliphatic carbocycles. The molecule has 3 aromatic heterocycles. The molecule has 30 heavy (non-hydrogen) atoms. The number of halogens is 3. The lowest BCUT2D eigenvalue weighted by molar-refractivity contribution is -0.137. The van der Waals surface area contributed by atoms with Gasteiger partial charge in [-0.1, -0.05) is 24.3 Å². The third kappa shape index (κ3) is 2.93. The number of nitrogens with zero attached hydrogens (tertiary/aromatic N) is 3. The normalized spacial score (nSPS) is 12.0. The number of hydrogen-bond donors (Lipinski definition) is 1. The fraction of sp³-hybridized carbons (Fsp3) is 0.0455. The van der Waals surface area contributed by atoms with Gasteiger partial charge in [0.15, 0.2) is 5.65 Å². The first kappa shape index (κ1) is 18.1. The number of alkyl halides is 3. The minimum Gasteiger partial charge on any atom is -0.322 e. The van der Waals surface area contributed by atoms with Gasteiger partial charge < -0.3 is 4.98 Å². The minimum atomic E-state index is -4.47. The lowest BCUT2D eigenvalue weighted by Crippen LogP contribution is -2.18. The molecule has 0 saturated carbocycles. The largest absolute Gasteiger partial charge is 0.417 e. The molecule has 5 aromatic rings. The average molecular weight is 406 g/mol. The van der Waals surface area contributed by atoms with Gasteiger partial charge in [0.1, 0.15) is 0 Å². The van der Waals surface area contributed by atoms with E-state index in [1.165, 1.54) is 22.8 Å². The maximum Gasteiger partial charge on any atom is 0.417 e. The van der Waals surface area contributed by atoms with Crippen LogP contribution in [0.15, 0.2) is 77.7 Å². The van der Waals surface area contributed by atoms with Crippen molar-refractivity contribution in [3.63, 3.8) is 0 Å². The Morgan fingerprint density at radius 3 is 2.57 bits per heavy atom. The molecule has 148 valence electrons. The van der Waals surface area contributed by atoms with E-state index in [1.54, 1.807) is 48.7 Å². The van der Waals surface area contributed by atoms with Gasteiger partial charge >= 0.3 is 6.18 Å². The molecular formula is C22H13F3N4O. The first-order valence-corrected chi connectivity index (χ1v) is 9.05. The van der Waals surface area contributed by atoms with Crippen molar-refractivity contribution < 1.29 is 13.2 Å². The Balaban J connectivity index is 1.72. The van der Waals surface area contributed by atoms with Crippen LogP contribution < -0.4 is 5.56 Å². The van der Waals surface area contributed by atoms with Crippen LogP contribution in [0.5, 0.6) is 0 Å². The van der Waals surface area contributed by atoms with Gasteiger partial charge in [-0.15, -0.1) is 0 Å². The summed E-state index contributed by atoms with van der Waals surface area (Å²) >= 11 is 0. The highest BCUT2D eigenvalue weighted by atomic mass is 19.4.